The maximum atomic E-state index is 12.2. The van der Waals surface area contributed by atoms with E-state index in [0.29, 0.717) is 16.9 Å². The minimum absolute atomic E-state index is 0.102. The molecule has 6 heteroatoms. The molecule has 0 saturated heterocycles. The highest BCUT2D eigenvalue weighted by molar-refractivity contribution is 7.92. The summed E-state index contributed by atoms with van der Waals surface area (Å²) >= 11 is 0. The molecule has 0 heterocycles. The van der Waals surface area contributed by atoms with Crippen molar-refractivity contribution < 1.29 is 8.42 Å². The maximum absolute atomic E-state index is 12.2. The first-order valence-corrected chi connectivity index (χ1v) is 7.30. The molecular formula is C14H13N3O2S. The topological polar surface area (TPSA) is 96.0 Å². The predicted molar refractivity (Wildman–Crippen MR) is 77.6 cm³/mol. The van der Waals surface area contributed by atoms with E-state index in [2.05, 4.69) is 4.72 Å². The molecule has 0 aliphatic heterocycles. The number of nitriles is 1. The van der Waals surface area contributed by atoms with Gasteiger partial charge in [0.1, 0.15) is 0 Å². The third-order valence-electron chi connectivity index (χ3n) is 2.83. The van der Waals surface area contributed by atoms with Crippen molar-refractivity contribution in [2.75, 3.05) is 10.5 Å². The lowest BCUT2D eigenvalue weighted by atomic mass is 10.2. The van der Waals surface area contributed by atoms with Gasteiger partial charge in [-0.25, -0.2) is 8.42 Å². The van der Waals surface area contributed by atoms with Crippen molar-refractivity contribution in [1.82, 2.24) is 0 Å². The van der Waals surface area contributed by atoms with Gasteiger partial charge in [0.2, 0.25) is 0 Å². The summed E-state index contributed by atoms with van der Waals surface area (Å²) in [4.78, 5) is 0.102. The van der Waals surface area contributed by atoms with Crippen LogP contribution in [0.2, 0.25) is 0 Å². The van der Waals surface area contributed by atoms with Crippen LogP contribution in [0.3, 0.4) is 0 Å². The molecule has 2 aromatic carbocycles. The number of sulfonamides is 1. The molecule has 0 saturated carbocycles. The third kappa shape index (κ3) is 2.90. The number of nitrogen functional groups attached to an aromatic ring is 1. The van der Waals surface area contributed by atoms with Crippen LogP contribution in [-0.4, -0.2) is 8.42 Å². The zero-order valence-electron chi connectivity index (χ0n) is 10.8. The summed E-state index contributed by atoms with van der Waals surface area (Å²) in [5.41, 5.74) is 7.82. The minimum atomic E-state index is -3.69. The van der Waals surface area contributed by atoms with E-state index >= 15 is 0 Å². The number of hydrogen-bond donors (Lipinski definition) is 2. The maximum Gasteiger partial charge on any atom is 0.261 e. The monoisotopic (exact) mass is 287 g/mol. The van der Waals surface area contributed by atoms with Gasteiger partial charge in [-0.05, 0) is 48.9 Å². The molecule has 0 bridgehead atoms. The Morgan fingerprint density at radius 1 is 1.15 bits per heavy atom. The number of hydrogen-bond acceptors (Lipinski definition) is 4. The van der Waals surface area contributed by atoms with Crippen molar-refractivity contribution in [2.45, 2.75) is 11.8 Å². The zero-order chi connectivity index (χ0) is 14.8. The smallest absolute Gasteiger partial charge is 0.261 e. The average molecular weight is 287 g/mol. The van der Waals surface area contributed by atoms with Crippen LogP contribution in [0.25, 0.3) is 0 Å². The Bertz CT molecular complexity index is 775. The van der Waals surface area contributed by atoms with Gasteiger partial charge in [-0.15, -0.1) is 0 Å². The third-order valence-corrected chi connectivity index (χ3v) is 4.21. The molecule has 0 aliphatic rings. The normalized spacial score (nSPS) is 10.8. The fraction of sp³-hybridized carbons (Fsp3) is 0.0714. The number of anilines is 2. The summed E-state index contributed by atoms with van der Waals surface area (Å²) in [6, 6.07) is 12.7. The van der Waals surface area contributed by atoms with Crippen LogP contribution in [-0.2, 0) is 10.0 Å². The molecule has 0 fully saturated rings. The van der Waals surface area contributed by atoms with Gasteiger partial charge in [0, 0.05) is 11.4 Å². The SMILES string of the molecule is Cc1ccc(S(=O)(=O)Nc2ccc(C#N)cc2)cc1N. The Balaban J connectivity index is 2.30. The number of aryl methyl sites for hydroxylation is 1. The molecule has 0 atom stereocenters. The van der Waals surface area contributed by atoms with Crippen molar-refractivity contribution in [2.24, 2.45) is 0 Å². The minimum Gasteiger partial charge on any atom is -0.398 e. The van der Waals surface area contributed by atoms with Crippen LogP contribution in [0.1, 0.15) is 11.1 Å². The summed E-state index contributed by atoms with van der Waals surface area (Å²) in [6.45, 7) is 1.81. The Hall–Kier alpha value is -2.52. The second-order valence-electron chi connectivity index (χ2n) is 4.31. The largest absolute Gasteiger partial charge is 0.398 e. The number of nitrogens with two attached hydrogens (primary N) is 1. The van der Waals surface area contributed by atoms with Crippen molar-refractivity contribution in [3.8, 4) is 6.07 Å². The summed E-state index contributed by atoms with van der Waals surface area (Å²) in [5, 5.41) is 8.69. The van der Waals surface area contributed by atoms with E-state index in [0.717, 1.165) is 5.56 Å². The van der Waals surface area contributed by atoms with Crippen LogP contribution in [0.4, 0.5) is 11.4 Å². The summed E-state index contributed by atoms with van der Waals surface area (Å²) < 4.78 is 26.8. The molecule has 2 aromatic rings. The Labute approximate surface area is 117 Å². The quantitative estimate of drug-likeness (QED) is 0.846. The van der Waals surface area contributed by atoms with Gasteiger partial charge in [-0.3, -0.25) is 4.72 Å². The van der Waals surface area contributed by atoms with E-state index < -0.39 is 10.0 Å². The van der Waals surface area contributed by atoms with E-state index in [1.165, 1.54) is 24.3 Å². The van der Waals surface area contributed by atoms with Crippen LogP contribution in [0, 0.1) is 18.3 Å². The molecule has 0 aliphatic carbocycles. The second-order valence-corrected chi connectivity index (χ2v) is 6.00. The first-order valence-electron chi connectivity index (χ1n) is 5.81. The van der Waals surface area contributed by atoms with Gasteiger partial charge in [0.15, 0.2) is 0 Å². The molecule has 102 valence electrons. The van der Waals surface area contributed by atoms with Gasteiger partial charge < -0.3 is 5.73 Å². The first-order chi connectivity index (χ1) is 9.42. The highest BCUT2D eigenvalue weighted by Gasteiger charge is 2.14. The van der Waals surface area contributed by atoms with Crippen molar-refractivity contribution in [1.29, 1.82) is 5.26 Å². The van der Waals surface area contributed by atoms with Crippen LogP contribution in [0.5, 0.6) is 0 Å². The molecule has 0 amide bonds. The fourth-order valence-corrected chi connectivity index (χ4v) is 2.71. The molecule has 5 nitrogen and oxygen atoms in total. The summed E-state index contributed by atoms with van der Waals surface area (Å²) in [6.07, 6.45) is 0. The lowest BCUT2D eigenvalue weighted by Crippen LogP contribution is -2.13. The van der Waals surface area contributed by atoms with E-state index in [4.69, 9.17) is 11.0 Å². The predicted octanol–water partition coefficient (Wildman–Crippen LogP) is 2.25. The zero-order valence-corrected chi connectivity index (χ0v) is 11.6. The van der Waals surface area contributed by atoms with Crippen molar-refractivity contribution in [3.63, 3.8) is 0 Å². The van der Waals surface area contributed by atoms with E-state index in [-0.39, 0.29) is 4.90 Å². The van der Waals surface area contributed by atoms with Crippen molar-refractivity contribution in [3.05, 3.63) is 53.6 Å². The van der Waals surface area contributed by atoms with E-state index in [1.54, 1.807) is 25.1 Å². The number of rotatable bonds is 3. The molecular weight excluding hydrogens is 274 g/mol. The summed E-state index contributed by atoms with van der Waals surface area (Å²) in [5.74, 6) is 0. The molecule has 2 rings (SSSR count). The van der Waals surface area contributed by atoms with Gasteiger partial charge in [0.25, 0.3) is 10.0 Å². The average Bonchev–Trinajstić information content (AvgIpc) is 2.42. The van der Waals surface area contributed by atoms with Crippen molar-refractivity contribution >= 4 is 21.4 Å². The van der Waals surface area contributed by atoms with Crippen LogP contribution < -0.4 is 10.5 Å². The van der Waals surface area contributed by atoms with E-state index in [1.807, 2.05) is 6.07 Å². The molecule has 0 radical (unpaired) electrons. The molecule has 20 heavy (non-hydrogen) atoms. The number of benzene rings is 2. The van der Waals surface area contributed by atoms with Gasteiger partial charge in [-0.1, -0.05) is 6.07 Å². The summed E-state index contributed by atoms with van der Waals surface area (Å²) in [7, 11) is -3.69. The van der Waals surface area contributed by atoms with E-state index in [9.17, 15) is 8.42 Å². The van der Waals surface area contributed by atoms with Crippen LogP contribution >= 0.6 is 0 Å². The second kappa shape index (κ2) is 5.23. The standard InChI is InChI=1S/C14H13N3O2S/c1-10-2-7-13(8-14(10)16)20(18,19)17-12-5-3-11(9-15)4-6-12/h2-8,17H,16H2,1H3. The van der Waals surface area contributed by atoms with Gasteiger partial charge in [0.05, 0.1) is 16.5 Å². The lowest BCUT2D eigenvalue weighted by Gasteiger charge is -2.09. The fourth-order valence-electron chi connectivity index (χ4n) is 1.61. The Kier molecular flexibility index (Phi) is 3.63. The van der Waals surface area contributed by atoms with Crippen LogP contribution in [0.15, 0.2) is 47.4 Å². The highest BCUT2D eigenvalue weighted by Crippen LogP contribution is 2.20. The molecule has 0 spiro atoms. The molecule has 0 unspecified atom stereocenters. The first kappa shape index (κ1) is 13.9. The van der Waals surface area contributed by atoms with Gasteiger partial charge >= 0.3 is 0 Å². The lowest BCUT2D eigenvalue weighted by molar-refractivity contribution is 0.601. The molecule has 0 aromatic heterocycles. The highest BCUT2D eigenvalue weighted by atomic mass is 32.2. The number of nitrogens with zero attached hydrogens (tertiary/aromatic N) is 1. The Morgan fingerprint density at radius 3 is 2.35 bits per heavy atom. The Morgan fingerprint density at radius 2 is 1.80 bits per heavy atom. The van der Waals surface area contributed by atoms with Gasteiger partial charge in [-0.2, -0.15) is 5.26 Å². The number of nitrogens with one attached hydrogen (secondary N) is 1. The molecule has 3 N–H and O–H groups in total.